The van der Waals surface area contributed by atoms with E-state index in [1.165, 1.54) is 7.11 Å². The maximum Gasteiger partial charge on any atom is 0.330 e. The minimum absolute atomic E-state index is 0.279. The first-order valence-corrected chi connectivity index (χ1v) is 8.74. The predicted octanol–water partition coefficient (Wildman–Crippen LogP) is 2.97. The number of alkyl halides is 1. The van der Waals surface area contributed by atoms with Crippen molar-refractivity contribution in [3.05, 3.63) is 65.2 Å². The van der Waals surface area contributed by atoms with E-state index in [-0.39, 0.29) is 11.1 Å². The third-order valence-electron chi connectivity index (χ3n) is 4.26. The number of imide groups is 1. The SMILES string of the molecule is COC(=O)[C@H]([C@H](Br)c1ccc(OC)cc1)N1C(=O)c2ccccc2C1=O. The summed E-state index contributed by atoms with van der Waals surface area (Å²) >= 11 is 3.46. The highest BCUT2D eigenvalue weighted by Gasteiger charge is 2.46. The maximum absolute atomic E-state index is 12.8. The third-order valence-corrected chi connectivity index (χ3v) is 5.29. The Morgan fingerprint density at radius 2 is 1.50 bits per heavy atom. The van der Waals surface area contributed by atoms with Crippen molar-refractivity contribution in [3.63, 3.8) is 0 Å². The summed E-state index contributed by atoms with van der Waals surface area (Å²) in [7, 11) is 2.78. The van der Waals surface area contributed by atoms with Crippen molar-refractivity contribution < 1.29 is 23.9 Å². The van der Waals surface area contributed by atoms with Crippen LogP contribution in [0.2, 0.25) is 0 Å². The minimum atomic E-state index is -1.14. The van der Waals surface area contributed by atoms with Crippen molar-refractivity contribution in [1.29, 1.82) is 0 Å². The molecule has 3 rings (SSSR count). The van der Waals surface area contributed by atoms with Crippen LogP contribution in [0.5, 0.6) is 5.75 Å². The van der Waals surface area contributed by atoms with Gasteiger partial charge in [0.25, 0.3) is 11.8 Å². The monoisotopic (exact) mass is 417 g/mol. The Hall–Kier alpha value is -2.67. The Kier molecular flexibility index (Phi) is 5.08. The van der Waals surface area contributed by atoms with Crippen LogP contribution in [0.25, 0.3) is 0 Å². The first-order valence-electron chi connectivity index (χ1n) is 7.82. The Morgan fingerprint density at radius 1 is 0.962 bits per heavy atom. The van der Waals surface area contributed by atoms with Crippen LogP contribution in [0.3, 0.4) is 0 Å². The second-order valence-electron chi connectivity index (χ2n) is 5.67. The van der Waals surface area contributed by atoms with Crippen LogP contribution in [-0.4, -0.2) is 42.9 Å². The summed E-state index contributed by atoms with van der Waals surface area (Å²) in [5, 5.41) is 0. The van der Waals surface area contributed by atoms with Gasteiger partial charge in [0.2, 0.25) is 0 Å². The number of methoxy groups -OCH3 is 2. The molecule has 0 spiro atoms. The van der Waals surface area contributed by atoms with Crippen LogP contribution in [0.15, 0.2) is 48.5 Å². The number of hydrogen-bond donors (Lipinski definition) is 0. The minimum Gasteiger partial charge on any atom is -0.497 e. The number of ether oxygens (including phenoxy) is 2. The molecular weight excluding hydrogens is 402 g/mol. The van der Waals surface area contributed by atoms with Gasteiger partial charge in [0, 0.05) is 0 Å². The molecule has 134 valence electrons. The molecule has 2 aromatic rings. The van der Waals surface area contributed by atoms with Gasteiger partial charge in [-0.25, -0.2) is 4.79 Å². The molecule has 6 nitrogen and oxygen atoms in total. The number of benzene rings is 2. The van der Waals surface area contributed by atoms with Crippen LogP contribution >= 0.6 is 15.9 Å². The van der Waals surface area contributed by atoms with Gasteiger partial charge in [0.05, 0.1) is 30.2 Å². The third kappa shape index (κ3) is 2.99. The van der Waals surface area contributed by atoms with Gasteiger partial charge in [-0.05, 0) is 29.8 Å². The van der Waals surface area contributed by atoms with Gasteiger partial charge in [0.1, 0.15) is 5.75 Å². The Labute approximate surface area is 158 Å². The van der Waals surface area contributed by atoms with Crippen LogP contribution < -0.4 is 4.74 Å². The highest BCUT2D eigenvalue weighted by Crippen LogP contribution is 2.35. The highest BCUT2D eigenvalue weighted by atomic mass is 79.9. The molecule has 0 aliphatic carbocycles. The largest absolute Gasteiger partial charge is 0.497 e. The number of hydrogen-bond acceptors (Lipinski definition) is 5. The maximum atomic E-state index is 12.8. The lowest BCUT2D eigenvalue weighted by Crippen LogP contribution is -2.47. The summed E-state index contributed by atoms with van der Waals surface area (Å²) in [5.74, 6) is -1.06. The van der Waals surface area contributed by atoms with E-state index < -0.39 is 28.7 Å². The standard InChI is InChI=1S/C19H16BrNO5/c1-25-12-9-7-11(8-10-12)15(20)16(19(24)26-2)21-17(22)13-5-3-4-6-14(13)18(21)23/h3-10,15-16H,1-2H3/t15-,16+/m1/s1. The fourth-order valence-corrected chi connectivity index (χ4v) is 3.66. The molecule has 2 aromatic carbocycles. The van der Waals surface area contributed by atoms with Gasteiger partial charge in [-0.3, -0.25) is 14.5 Å². The number of esters is 1. The van der Waals surface area contributed by atoms with Crippen LogP contribution in [-0.2, 0) is 9.53 Å². The molecule has 0 saturated carbocycles. The van der Waals surface area contributed by atoms with E-state index >= 15 is 0 Å². The van der Waals surface area contributed by atoms with Crippen LogP contribution in [0.4, 0.5) is 0 Å². The van der Waals surface area contributed by atoms with E-state index in [1.54, 1.807) is 55.6 Å². The molecule has 0 bridgehead atoms. The molecule has 2 atom stereocenters. The van der Waals surface area contributed by atoms with E-state index in [0.717, 1.165) is 4.90 Å². The zero-order valence-electron chi connectivity index (χ0n) is 14.1. The Morgan fingerprint density at radius 3 is 1.96 bits per heavy atom. The quantitative estimate of drug-likeness (QED) is 0.424. The average Bonchev–Trinajstić information content (AvgIpc) is 2.93. The molecule has 1 aliphatic rings. The number of amides is 2. The van der Waals surface area contributed by atoms with E-state index in [0.29, 0.717) is 11.3 Å². The van der Waals surface area contributed by atoms with E-state index in [2.05, 4.69) is 15.9 Å². The zero-order valence-corrected chi connectivity index (χ0v) is 15.7. The normalized spacial score (nSPS) is 15.4. The molecule has 0 fully saturated rings. The predicted molar refractivity (Wildman–Crippen MR) is 97.4 cm³/mol. The molecule has 0 radical (unpaired) electrons. The summed E-state index contributed by atoms with van der Waals surface area (Å²) in [5.41, 5.74) is 1.26. The Bertz CT molecular complexity index is 829. The molecule has 0 saturated heterocycles. The smallest absolute Gasteiger partial charge is 0.330 e. The van der Waals surface area contributed by atoms with Crippen molar-refractivity contribution in [2.75, 3.05) is 14.2 Å². The summed E-state index contributed by atoms with van der Waals surface area (Å²) in [6.07, 6.45) is 0. The molecule has 0 N–H and O–H groups in total. The topological polar surface area (TPSA) is 72.9 Å². The fraction of sp³-hybridized carbons (Fsp3) is 0.211. The van der Waals surface area contributed by atoms with E-state index in [4.69, 9.17) is 9.47 Å². The van der Waals surface area contributed by atoms with E-state index in [1.807, 2.05) is 0 Å². The molecule has 0 aromatic heterocycles. The van der Waals surface area contributed by atoms with Crippen molar-refractivity contribution in [2.24, 2.45) is 0 Å². The lowest BCUT2D eigenvalue weighted by molar-refractivity contribution is -0.145. The summed E-state index contributed by atoms with van der Waals surface area (Å²) in [6, 6.07) is 12.3. The second-order valence-corrected chi connectivity index (χ2v) is 6.66. The van der Waals surface area contributed by atoms with Gasteiger partial charge in [-0.1, -0.05) is 40.2 Å². The number of halogens is 1. The van der Waals surface area contributed by atoms with Gasteiger partial charge in [0.15, 0.2) is 6.04 Å². The van der Waals surface area contributed by atoms with Crippen molar-refractivity contribution in [2.45, 2.75) is 10.9 Å². The number of carbonyl (C=O) groups excluding carboxylic acids is 3. The first kappa shape index (κ1) is 18.1. The van der Waals surface area contributed by atoms with Gasteiger partial charge in [-0.2, -0.15) is 0 Å². The number of fused-ring (bicyclic) bond motifs is 1. The lowest BCUT2D eigenvalue weighted by Gasteiger charge is -2.28. The summed E-state index contributed by atoms with van der Waals surface area (Å²) < 4.78 is 10.00. The van der Waals surface area contributed by atoms with Crippen molar-refractivity contribution >= 4 is 33.7 Å². The molecule has 7 heteroatoms. The summed E-state index contributed by atoms with van der Waals surface area (Å²) in [4.78, 5) is 38.3. The highest BCUT2D eigenvalue weighted by molar-refractivity contribution is 9.09. The molecule has 2 amide bonds. The van der Waals surface area contributed by atoms with Crippen molar-refractivity contribution in [3.8, 4) is 5.75 Å². The number of nitrogens with zero attached hydrogens (tertiary/aromatic N) is 1. The number of carbonyl (C=O) groups is 3. The number of rotatable bonds is 5. The second kappa shape index (κ2) is 7.29. The fourth-order valence-electron chi connectivity index (χ4n) is 2.91. The molecular formula is C19H16BrNO5. The zero-order chi connectivity index (χ0) is 18.8. The average molecular weight is 418 g/mol. The Balaban J connectivity index is 2.00. The first-order chi connectivity index (χ1) is 12.5. The molecule has 1 aliphatic heterocycles. The summed E-state index contributed by atoms with van der Waals surface area (Å²) in [6.45, 7) is 0. The molecule has 0 unspecified atom stereocenters. The van der Waals surface area contributed by atoms with Crippen LogP contribution in [0, 0.1) is 0 Å². The molecule has 1 heterocycles. The van der Waals surface area contributed by atoms with Gasteiger partial charge < -0.3 is 9.47 Å². The van der Waals surface area contributed by atoms with Gasteiger partial charge in [-0.15, -0.1) is 0 Å². The van der Waals surface area contributed by atoms with Crippen LogP contribution in [0.1, 0.15) is 31.1 Å². The molecule has 26 heavy (non-hydrogen) atoms. The van der Waals surface area contributed by atoms with Crippen molar-refractivity contribution in [1.82, 2.24) is 4.90 Å². The van der Waals surface area contributed by atoms with E-state index in [9.17, 15) is 14.4 Å². The van der Waals surface area contributed by atoms with Gasteiger partial charge >= 0.3 is 5.97 Å². The lowest BCUT2D eigenvalue weighted by atomic mass is 10.0.